The maximum Gasteiger partial charge on any atom is 0.409 e. The second kappa shape index (κ2) is 17.6. The molecule has 0 saturated carbocycles. The summed E-state index contributed by atoms with van der Waals surface area (Å²) >= 11 is 6.58. The van der Waals surface area contributed by atoms with E-state index in [-0.39, 0.29) is 48.1 Å². The van der Waals surface area contributed by atoms with Gasteiger partial charge in [-0.2, -0.15) is 0 Å². The van der Waals surface area contributed by atoms with Crippen LogP contribution in [0.2, 0.25) is 5.02 Å². The second-order valence-corrected chi connectivity index (χ2v) is 14.1. The van der Waals surface area contributed by atoms with Crippen LogP contribution in [0, 0.1) is 11.7 Å². The van der Waals surface area contributed by atoms with Gasteiger partial charge < -0.3 is 44.7 Å². The second-order valence-electron chi connectivity index (χ2n) is 13.7. The van der Waals surface area contributed by atoms with Crippen molar-refractivity contribution in [2.75, 3.05) is 38.9 Å². The van der Waals surface area contributed by atoms with Gasteiger partial charge in [0, 0.05) is 45.7 Å². The largest absolute Gasteiger partial charge is 0.495 e. The lowest BCUT2D eigenvalue weighted by atomic mass is 9.87. The Morgan fingerprint density at radius 1 is 1.20 bits per heavy atom. The quantitative estimate of drug-likeness (QED) is 0.243. The van der Waals surface area contributed by atoms with Crippen LogP contribution in [0.1, 0.15) is 56.0 Å². The summed E-state index contributed by atoms with van der Waals surface area (Å²) < 4.78 is 35.9. The van der Waals surface area contributed by atoms with Gasteiger partial charge in [-0.25, -0.2) is 14.0 Å². The normalized spacial score (nSPS) is 27.7. The van der Waals surface area contributed by atoms with E-state index in [1.54, 1.807) is 31.2 Å². The molecule has 2 aromatic rings. The van der Waals surface area contributed by atoms with Gasteiger partial charge in [-0.05, 0) is 62.6 Å². The Hall–Kier alpha value is -4.70. The molecule has 7 atom stereocenters. The molecule has 14 nitrogen and oxygen atoms in total. The SMILES string of the molecule is COc1cc2cc(c1Cl)N(C)C(=O)CCC1OC1[C@H](C)C1C[C@@](O)(NC(=O)O1)[C@H](OC)/C=C/C=C(\C)C2.C[C@@H](C(=O)O)N(C)C(=O)c1ccc(N)cc1F. The minimum atomic E-state index is -1.65. The summed E-state index contributed by atoms with van der Waals surface area (Å²) in [5.74, 6) is -2.40. The standard InChI is InChI=1S/C27H35ClN2O7.C11H13FN2O3/c1-15-7-6-8-22(35-5)27(33)14-21(37-26(32)29-27)16(2)25-19(36-25)9-10-23(31)30(3)18-12-17(11-15)13-20(34-4)24(18)28;1-6(11(16)17)14(2)10(15)8-4-3-7(13)5-9(8)12/h6-8,12-13,16,19,21-22,25,33H,9-11,14H2,1-5H3,(H,29,32);3-6H,13H2,1-2H3,(H,16,17)/b8-6+,15-7+;/t16-,19?,21?,22-,25?,27+;6-/m10/s1. The zero-order chi connectivity index (χ0) is 40.1. The molecule has 16 heteroatoms. The third kappa shape index (κ3) is 9.88. The summed E-state index contributed by atoms with van der Waals surface area (Å²) in [6, 6.07) is 6.36. The van der Waals surface area contributed by atoms with Gasteiger partial charge >= 0.3 is 12.1 Å². The van der Waals surface area contributed by atoms with Crippen molar-refractivity contribution in [2.24, 2.45) is 5.92 Å². The number of benzene rings is 2. The lowest BCUT2D eigenvalue weighted by molar-refractivity contribution is -0.142. The molecule has 5 rings (SSSR count). The Kier molecular flexibility index (Phi) is 13.7. The smallest absolute Gasteiger partial charge is 0.409 e. The Bertz CT molecular complexity index is 1810. The number of aliphatic carboxylic acids is 1. The maximum atomic E-state index is 13.5. The number of aliphatic hydroxyl groups is 1. The summed E-state index contributed by atoms with van der Waals surface area (Å²) in [6.07, 6.45) is 4.48. The van der Waals surface area contributed by atoms with Gasteiger partial charge in [0.15, 0.2) is 5.72 Å². The predicted octanol–water partition coefficient (Wildman–Crippen LogP) is 4.71. The maximum absolute atomic E-state index is 13.5. The van der Waals surface area contributed by atoms with E-state index in [1.807, 2.05) is 32.1 Å². The van der Waals surface area contributed by atoms with E-state index in [0.717, 1.165) is 22.1 Å². The summed E-state index contributed by atoms with van der Waals surface area (Å²) in [5, 5.41) is 23.0. The molecule has 4 bridgehead atoms. The molecule has 3 aliphatic heterocycles. The highest BCUT2D eigenvalue weighted by Gasteiger charge is 2.52. The topological polar surface area (TPSA) is 193 Å². The van der Waals surface area contributed by atoms with E-state index < -0.39 is 47.8 Å². The van der Waals surface area contributed by atoms with Crippen molar-refractivity contribution in [3.8, 4) is 5.75 Å². The van der Waals surface area contributed by atoms with Crippen LogP contribution in [0.4, 0.5) is 20.6 Å². The number of likely N-dealkylation sites (N-methyl/N-ethyl adjacent to an activating group) is 1. The van der Waals surface area contributed by atoms with E-state index in [2.05, 4.69) is 5.32 Å². The van der Waals surface area contributed by atoms with Crippen molar-refractivity contribution in [1.29, 1.82) is 0 Å². The Balaban J connectivity index is 0.000000321. The fraction of sp³-hybridized carbons (Fsp3) is 0.474. The number of anilines is 2. The number of fused-ring (bicyclic) bond motifs is 5. The highest BCUT2D eigenvalue weighted by molar-refractivity contribution is 6.35. The molecule has 3 amide bonds. The number of ether oxygens (including phenoxy) is 4. The molecule has 2 fully saturated rings. The van der Waals surface area contributed by atoms with Crippen LogP contribution < -0.4 is 20.7 Å². The number of carboxylic acids is 1. The number of hydrogen-bond donors (Lipinski definition) is 4. The van der Waals surface area contributed by atoms with Crippen LogP contribution in [-0.4, -0.2) is 103 Å². The molecule has 0 radical (unpaired) electrons. The lowest BCUT2D eigenvalue weighted by Crippen LogP contribution is -2.63. The number of allylic oxidation sites excluding steroid dienone is 3. The first-order chi connectivity index (χ1) is 25.4. The summed E-state index contributed by atoms with van der Waals surface area (Å²) in [4.78, 5) is 50.5. The zero-order valence-corrected chi connectivity index (χ0v) is 32.1. The van der Waals surface area contributed by atoms with Gasteiger partial charge in [-0.15, -0.1) is 0 Å². The first kappa shape index (κ1) is 42.0. The van der Waals surface area contributed by atoms with Crippen LogP contribution in [0.5, 0.6) is 5.75 Å². The molecule has 3 aliphatic rings. The highest BCUT2D eigenvalue weighted by atomic mass is 35.5. The number of nitrogens with zero attached hydrogens (tertiary/aromatic N) is 2. The number of carbonyl (C=O) groups excluding carboxylic acids is 3. The highest BCUT2D eigenvalue weighted by Crippen LogP contribution is 2.40. The molecule has 3 unspecified atom stereocenters. The van der Waals surface area contributed by atoms with Crippen molar-refractivity contribution in [3.63, 3.8) is 0 Å². The summed E-state index contributed by atoms with van der Waals surface area (Å²) in [7, 11) is 6.03. The van der Waals surface area contributed by atoms with Crippen molar-refractivity contribution in [2.45, 2.75) is 82.6 Å². The molecule has 0 spiro atoms. The van der Waals surface area contributed by atoms with E-state index >= 15 is 0 Å². The molecule has 2 saturated heterocycles. The van der Waals surface area contributed by atoms with Crippen molar-refractivity contribution >= 4 is 46.9 Å². The van der Waals surface area contributed by atoms with Crippen LogP contribution in [0.25, 0.3) is 0 Å². The van der Waals surface area contributed by atoms with Gasteiger partial charge in [-0.3, -0.25) is 14.9 Å². The van der Waals surface area contributed by atoms with E-state index in [0.29, 0.717) is 29.3 Å². The number of halogens is 2. The number of methoxy groups -OCH3 is 2. The Morgan fingerprint density at radius 2 is 1.91 bits per heavy atom. The Labute approximate surface area is 318 Å². The van der Waals surface area contributed by atoms with Crippen molar-refractivity contribution in [3.05, 3.63) is 76.1 Å². The number of carboxylic acid groups (broad SMARTS) is 1. The number of alkyl carbamates (subject to hydrolysis) is 1. The molecule has 0 aliphatic carbocycles. The monoisotopic (exact) mass is 774 g/mol. The molecule has 5 N–H and O–H groups in total. The summed E-state index contributed by atoms with van der Waals surface area (Å²) in [6.45, 7) is 5.24. The lowest BCUT2D eigenvalue weighted by Gasteiger charge is -2.41. The molecule has 0 aromatic heterocycles. The fourth-order valence-corrected chi connectivity index (χ4v) is 6.67. The van der Waals surface area contributed by atoms with E-state index in [1.165, 1.54) is 33.2 Å². The van der Waals surface area contributed by atoms with Crippen LogP contribution in [0.3, 0.4) is 0 Å². The van der Waals surface area contributed by atoms with Crippen molar-refractivity contribution < 1.29 is 52.7 Å². The number of carbonyl (C=O) groups is 4. The first-order valence-corrected chi connectivity index (χ1v) is 17.7. The predicted molar refractivity (Wildman–Crippen MR) is 199 cm³/mol. The summed E-state index contributed by atoms with van der Waals surface area (Å²) in [5.41, 5.74) is 6.23. The molecular weight excluding hydrogens is 727 g/mol. The van der Waals surface area contributed by atoms with E-state index in [9.17, 15) is 28.7 Å². The number of epoxide rings is 1. The zero-order valence-electron chi connectivity index (χ0n) is 31.3. The average Bonchev–Trinajstić information content (AvgIpc) is 3.90. The number of nitrogen functional groups attached to an aromatic ring is 1. The number of hydrogen-bond acceptors (Lipinski definition) is 10. The number of nitrogens with two attached hydrogens (primary N) is 1. The van der Waals surface area contributed by atoms with Crippen LogP contribution >= 0.6 is 11.6 Å². The molecule has 54 heavy (non-hydrogen) atoms. The molecule has 3 heterocycles. The van der Waals surface area contributed by atoms with Crippen LogP contribution in [-0.2, 0) is 30.2 Å². The third-order valence-corrected chi connectivity index (χ3v) is 10.2. The molecular formula is C38H48ClFN4O10. The van der Waals surface area contributed by atoms with Gasteiger partial charge in [0.2, 0.25) is 5.91 Å². The van der Waals surface area contributed by atoms with Gasteiger partial charge in [0.1, 0.15) is 34.8 Å². The number of amides is 3. The van der Waals surface area contributed by atoms with Gasteiger partial charge in [0.05, 0.1) is 30.6 Å². The van der Waals surface area contributed by atoms with E-state index in [4.69, 9.17) is 41.4 Å². The Morgan fingerprint density at radius 3 is 2.54 bits per heavy atom. The van der Waals surface area contributed by atoms with Gasteiger partial charge in [-0.1, -0.05) is 42.3 Å². The minimum Gasteiger partial charge on any atom is -0.495 e. The van der Waals surface area contributed by atoms with Crippen LogP contribution in [0.15, 0.2) is 54.1 Å². The fourth-order valence-electron chi connectivity index (χ4n) is 6.36. The molecule has 294 valence electrons. The minimum absolute atomic E-state index is 0.0956. The third-order valence-electron chi connectivity index (χ3n) is 9.85. The number of nitrogens with one attached hydrogen (secondary N) is 1. The first-order valence-electron chi connectivity index (χ1n) is 17.3. The average molecular weight is 775 g/mol. The van der Waals surface area contributed by atoms with Crippen molar-refractivity contribution in [1.82, 2.24) is 10.2 Å². The number of rotatable bonds is 5. The van der Waals surface area contributed by atoms with Gasteiger partial charge in [0.25, 0.3) is 5.91 Å². The molecule has 2 aromatic carbocycles.